The minimum atomic E-state index is -0.0548. The van der Waals surface area contributed by atoms with Crippen LogP contribution in [0, 0.1) is 0 Å². The Labute approximate surface area is 120 Å². The van der Waals surface area contributed by atoms with Crippen molar-refractivity contribution in [3.8, 4) is 0 Å². The van der Waals surface area contributed by atoms with Crippen molar-refractivity contribution in [3.05, 3.63) is 0 Å². The number of urea groups is 1. The minimum Gasteiger partial charge on any atom is -0.343 e. The first-order valence-electron chi connectivity index (χ1n) is 7.55. The van der Waals surface area contributed by atoms with Crippen molar-refractivity contribution >= 4 is 11.9 Å². The van der Waals surface area contributed by atoms with E-state index in [0.717, 1.165) is 51.9 Å². The standard InChI is InChI=1S/C14H26N4O2/c1-11(19)18-9-5-13(6-10-18)16-14(20)15-12-3-7-17(2)8-4-12/h12-13H,3-10H2,1-2H3,(H2,15,16,20). The number of nitrogens with zero attached hydrogens (tertiary/aromatic N) is 2. The van der Waals surface area contributed by atoms with E-state index in [0.29, 0.717) is 6.04 Å². The van der Waals surface area contributed by atoms with Crippen LogP contribution in [-0.4, -0.2) is 67.0 Å². The molecule has 20 heavy (non-hydrogen) atoms. The van der Waals surface area contributed by atoms with E-state index in [-0.39, 0.29) is 18.0 Å². The van der Waals surface area contributed by atoms with Crippen LogP contribution in [-0.2, 0) is 4.79 Å². The van der Waals surface area contributed by atoms with Gasteiger partial charge in [0.05, 0.1) is 0 Å². The van der Waals surface area contributed by atoms with Crippen LogP contribution >= 0.6 is 0 Å². The zero-order valence-electron chi connectivity index (χ0n) is 12.5. The smallest absolute Gasteiger partial charge is 0.315 e. The van der Waals surface area contributed by atoms with Crippen LogP contribution in [0.5, 0.6) is 0 Å². The van der Waals surface area contributed by atoms with Gasteiger partial charge in [0.25, 0.3) is 0 Å². The normalized spacial score (nSPS) is 22.6. The van der Waals surface area contributed by atoms with Gasteiger partial charge in [-0.3, -0.25) is 4.79 Å². The fourth-order valence-corrected chi connectivity index (χ4v) is 2.90. The molecule has 0 aromatic carbocycles. The van der Waals surface area contributed by atoms with E-state index in [1.807, 2.05) is 4.90 Å². The molecule has 0 unspecified atom stereocenters. The third-order valence-electron chi connectivity index (χ3n) is 4.33. The molecule has 2 fully saturated rings. The highest BCUT2D eigenvalue weighted by molar-refractivity contribution is 5.75. The van der Waals surface area contributed by atoms with E-state index in [1.165, 1.54) is 0 Å². The van der Waals surface area contributed by atoms with Gasteiger partial charge in [-0.05, 0) is 45.8 Å². The number of hydrogen-bond acceptors (Lipinski definition) is 3. The largest absolute Gasteiger partial charge is 0.343 e. The van der Waals surface area contributed by atoms with Crippen LogP contribution in [0.25, 0.3) is 0 Å². The molecule has 0 radical (unpaired) electrons. The third-order valence-corrected chi connectivity index (χ3v) is 4.33. The Balaban J connectivity index is 1.66. The summed E-state index contributed by atoms with van der Waals surface area (Å²) in [6.07, 6.45) is 3.74. The van der Waals surface area contributed by atoms with Gasteiger partial charge >= 0.3 is 6.03 Å². The van der Waals surface area contributed by atoms with Crippen molar-refractivity contribution in [2.75, 3.05) is 33.2 Å². The molecule has 0 aromatic rings. The van der Waals surface area contributed by atoms with Crippen LogP contribution in [0.2, 0.25) is 0 Å². The average molecular weight is 282 g/mol. The summed E-state index contributed by atoms with van der Waals surface area (Å²) in [7, 11) is 2.11. The summed E-state index contributed by atoms with van der Waals surface area (Å²) in [5.74, 6) is 0.124. The summed E-state index contributed by atoms with van der Waals surface area (Å²) in [5, 5.41) is 6.10. The van der Waals surface area contributed by atoms with Crippen molar-refractivity contribution in [2.45, 2.75) is 44.7 Å². The summed E-state index contributed by atoms with van der Waals surface area (Å²) >= 11 is 0. The Bertz CT molecular complexity index is 345. The molecular weight excluding hydrogens is 256 g/mol. The lowest BCUT2D eigenvalue weighted by Gasteiger charge is -2.33. The Kier molecular flexibility index (Phi) is 5.23. The zero-order chi connectivity index (χ0) is 14.5. The van der Waals surface area contributed by atoms with Gasteiger partial charge in [0, 0.05) is 32.1 Å². The molecule has 0 atom stereocenters. The number of carbonyl (C=O) groups excluding carboxylic acids is 2. The molecule has 3 amide bonds. The van der Waals surface area contributed by atoms with Crippen LogP contribution in [0.4, 0.5) is 4.79 Å². The molecular formula is C14H26N4O2. The van der Waals surface area contributed by atoms with Crippen molar-refractivity contribution in [1.29, 1.82) is 0 Å². The molecule has 2 heterocycles. The Morgan fingerprint density at radius 1 is 0.900 bits per heavy atom. The summed E-state index contributed by atoms with van der Waals surface area (Å²) < 4.78 is 0. The van der Waals surface area contributed by atoms with Crippen LogP contribution < -0.4 is 10.6 Å². The van der Waals surface area contributed by atoms with E-state index in [1.54, 1.807) is 6.92 Å². The maximum atomic E-state index is 12.0. The van der Waals surface area contributed by atoms with Crippen molar-refractivity contribution in [2.24, 2.45) is 0 Å². The number of nitrogens with one attached hydrogen (secondary N) is 2. The van der Waals surface area contributed by atoms with E-state index >= 15 is 0 Å². The molecule has 0 aliphatic carbocycles. The van der Waals surface area contributed by atoms with Gasteiger partial charge in [-0.25, -0.2) is 4.79 Å². The second-order valence-electron chi connectivity index (χ2n) is 5.98. The van der Waals surface area contributed by atoms with Crippen LogP contribution in [0.1, 0.15) is 32.6 Å². The van der Waals surface area contributed by atoms with Gasteiger partial charge in [-0.1, -0.05) is 0 Å². The molecule has 2 saturated heterocycles. The fraction of sp³-hybridized carbons (Fsp3) is 0.857. The maximum absolute atomic E-state index is 12.0. The predicted octanol–water partition coefficient (Wildman–Crippen LogP) is 0.391. The lowest BCUT2D eigenvalue weighted by atomic mass is 10.0. The zero-order valence-corrected chi connectivity index (χ0v) is 12.5. The first kappa shape index (κ1) is 15.1. The number of rotatable bonds is 2. The summed E-state index contributed by atoms with van der Waals surface area (Å²) in [4.78, 5) is 27.3. The van der Waals surface area contributed by atoms with Crippen LogP contribution in [0.15, 0.2) is 0 Å². The minimum absolute atomic E-state index is 0.0548. The summed E-state index contributed by atoms with van der Waals surface area (Å²) in [6, 6.07) is 0.432. The molecule has 0 aromatic heterocycles. The monoisotopic (exact) mass is 282 g/mol. The van der Waals surface area contributed by atoms with Crippen molar-refractivity contribution in [1.82, 2.24) is 20.4 Å². The summed E-state index contributed by atoms with van der Waals surface area (Å²) in [6.45, 7) is 5.17. The number of piperidine rings is 2. The van der Waals surface area contributed by atoms with Crippen molar-refractivity contribution < 1.29 is 9.59 Å². The number of hydrogen-bond donors (Lipinski definition) is 2. The van der Waals surface area contributed by atoms with Crippen molar-refractivity contribution in [3.63, 3.8) is 0 Å². The maximum Gasteiger partial charge on any atom is 0.315 e. The number of likely N-dealkylation sites (tertiary alicyclic amines) is 2. The molecule has 0 spiro atoms. The Morgan fingerprint density at radius 2 is 1.35 bits per heavy atom. The second-order valence-corrected chi connectivity index (χ2v) is 5.98. The Hall–Kier alpha value is -1.30. The highest BCUT2D eigenvalue weighted by Crippen LogP contribution is 2.11. The molecule has 2 aliphatic rings. The van der Waals surface area contributed by atoms with Gasteiger partial charge in [0.15, 0.2) is 0 Å². The first-order valence-corrected chi connectivity index (χ1v) is 7.55. The molecule has 114 valence electrons. The number of amides is 3. The summed E-state index contributed by atoms with van der Waals surface area (Å²) in [5.41, 5.74) is 0. The topological polar surface area (TPSA) is 64.7 Å². The van der Waals surface area contributed by atoms with Gasteiger partial charge in [0.2, 0.25) is 5.91 Å². The molecule has 2 aliphatic heterocycles. The first-order chi connectivity index (χ1) is 9.54. The van der Waals surface area contributed by atoms with Gasteiger partial charge < -0.3 is 20.4 Å². The predicted molar refractivity (Wildman–Crippen MR) is 77.5 cm³/mol. The molecule has 2 rings (SSSR count). The lowest BCUT2D eigenvalue weighted by Crippen LogP contribution is -2.52. The molecule has 2 N–H and O–H groups in total. The lowest BCUT2D eigenvalue weighted by molar-refractivity contribution is -0.129. The molecule has 0 bridgehead atoms. The molecule has 0 saturated carbocycles. The van der Waals surface area contributed by atoms with Crippen LogP contribution in [0.3, 0.4) is 0 Å². The van der Waals surface area contributed by atoms with Gasteiger partial charge in [-0.2, -0.15) is 0 Å². The van der Waals surface area contributed by atoms with E-state index in [9.17, 15) is 9.59 Å². The Morgan fingerprint density at radius 3 is 1.80 bits per heavy atom. The highest BCUT2D eigenvalue weighted by atomic mass is 16.2. The molecule has 6 nitrogen and oxygen atoms in total. The highest BCUT2D eigenvalue weighted by Gasteiger charge is 2.23. The third kappa shape index (κ3) is 4.37. The van der Waals surface area contributed by atoms with Gasteiger partial charge in [0.1, 0.15) is 0 Å². The SMILES string of the molecule is CC(=O)N1CCC(NC(=O)NC2CCN(C)CC2)CC1. The van der Waals surface area contributed by atoms with Gasteiger partial charge in [-0.15, -0.1) is 0 Å². The fourth-order valence-electron chi connectivity index (χ4n) is 2.90. The average Bonchev–Trinajstić information content (AvgIpc) is 2.42. The molecule has 6 heteroatoms. The quantitative estimate of drug-likeness (QED) is 0.770. The second kappa shape index (κ2) is 6.92. The van der Waals surface area contributed by atoms with E-state index < -0.39 is 0 Å². The van der Waals surface area contributed by atoms with E-state index in [2.05, 4.69) is 22.6 Å². The number of carbonyl (C=O) groups is 2. The van der Waals surface area contributed by atoms with E-state index in [4.69, 9.17) is 0 Å².